The summed E-state index contributed by atoms with van der Waals surface area (Å²) >= 11 is 3.08. The van der Waals surface area contributed by atoms with E-state index in [0.29, 0.717) is 11.8 Å². The first kappa shape index (κ1) is 9.99. The number of hydrogen-bond donors (Lipinski definition) is 2. The van der Waals surface area contributed by atoms with Crippen molar-refractivity contribution >= 4 is 21.8 Å². The average Bonchev–Trinajstić information content (AvgIpc) is 2.04. The average molecular weight is 236 g/mol. The lowest BCUT2D eigenvalue weighted by Crippen LogP contribution is -2.40. The molecule has 70 valence electrons. The van der Waals surface area contributed by atoms with E-state index >= 15 is 0 Å². The molecule has 1 amide bonds. The van der Waals surface area contributed by atoms with Gasteiger partial charge in [-0.25, -0.2) is 0 Å². The predicted octanol–water partition coefficient (Wildman–Crippen LogP) is 0.801. The summed E-state index contributed by atoms with van der Waals surface area (Å²) in [6, 6.07) is 0.179. The number of aliphatic hydroxyl groups excluding tert-OH is 1. The fourth-order valence-electron chi connectivity index (χ4n) is 1.56. The number of hydrogen-bond acceptors (Lipinski definition) is 2. The van der Waals surface area contributed by atoms with Crippen LogP contribution < -0.4 is 5.32 Å². The van der Waals surface area contributed by atoms with Crippen LogP contribution in [0, 0.1) is 0 Å². The molecule has 1 aliphatic rings. The van der Waals surface area contributed by atoms with Gasteiger partial charge in [-0.2, -0.15) is 0 Å². The van der Waals surface area contributed by atoms with Crippen molar-refractivity contribution in [3.05, 3.63) is 0 Å². The Kier molecular flexibility index (Phi) is 4.01. The third kappa shape index (κ3) is 3.11. The summed E-state index contributed by atoms with van der Waals surface area (Å²) < 4.78 is 0. The van der Waals surface area contributed by atoms with Gasteiger partial charge >= 0.3 is 0 Å². The number of aliphatic hydroxyl groups is 1. The third-order valence-electron chi connectivity index (χ3n) is 2.13. The highest BCUT2D eigenvalue weighted by Gasteiger charge is 2.20. The monoisotopic (exact) mass is 235 g/mol. The minimum Gasteiger partial charge on any atom is -0.393 e. The Balaban J connectivity index is 2.27. The van der Waals surface area contributed by atoms with Crippen LogP contribution in [0.15, 0.2) is 0 Å². The van der Waals surface area contributed by atoms with E-state index in [1.54, 1.807) is 0 Å². The molecule has 0 spiro atoms. The van der Waals surface area contributed by atoms with Gasteiger partial charge < -0.3 is 10.4 Å². The van der Waals surface area contributed by atoms with Crippen LogP contribution in [0.3, 0.4) is 0 Å². The van der Waals surface area contributed by atoms with Crippen molar-refractivity contribution in [3.8, 4) is 0 Å². The number of halogens is 1. The molecule has 0 aliphatic heterocycles. The van der Waals surface area contributed by atoms with Gasteiger partial charge in [-0.1, -0.05) is 15.9 Å². The summed E-state index contributed by atoms with van der Waals surface area (Å²) in [5, 5.41) is 12.5. The van der Waals surface area contributed by atoms with Gasteiger partial charge in [0, 0.05) is 6.04 Å². The highest BCUT2D eigenvalue weighted by atomic mass is 79.9. The second-order valence-electron chi connectivity index (χ2n) is 3.22. The number of rotatable bonds is 2. The first-order chi connectivity index (χ1) is 5.72. The molecule has 2 atom stereocenters. The number of carbonyl (C=O) groups excluding carboxylic acids is 1. The standard InChI is InChI=1S/C8H14BrNO2/c9-5-8(12)10-6-2-1-3-7(11)4-6/h6-7,11H,1-5H2,(H,10,12). The fourth-order valence-corrected chi connectivity index (χ4v) is 1.72. The zero-order valence-corrected chi connectivity index (χ0v) is 8.51. The van der Waals surface area contributed by atoms with Gasteiger partial charge in [0.05, 0.1) is 11.4 Å². The molecule has 1 aliphatic carbocycles. The lowest BCUT2D eigenvalue weighted by atomic mass is 9.93. The van der Waals surface area contributed by atoms with Crippen molar-refractivity contribution in [2.45, 2.75) is 37.8 Å². The van der Waals surface area contributed by atoms with Crippen molar-refractivity contribution in [3.63, 3.8) is 0 Å². The molecule has 0 aromatic heterocycles. The second-order valence-corrected chi connectivity index (χ2v) is 3.78. The van der Waals surface area contributed by atoms with Gasteiger partial charge in [-0.3, -0.25) is 4.79 Å². The Morgan fingerprint density at radius 2 is 2.33 bits per heavy atom. The molecule has 1 fully saturated rings. The Morgan fingerprint density at radius 1 is 1.58 bits per heavy atom. The Bertz CT molecular complexity index is 163. The smallest absolute Gasteiger partial charge is 0.230 e. The van der Waals surface area contributed by atoms with Gasteiger partial charge in [0.15, 0.2) is 0 Å². The highest BCUT2D eigenvalue weighted by Crippen LogP contribution is 2.18. The summed E-state index contributed by atoms with van der Waals surface area (Å²) in [5.74, 6) is 0.00843. The van der Waals surface area contributed by atoms with E-state index in [0.717, 1.165) is 19.3 Å². The first-order valence-corrected chi connectivity index (χ1v) is 5.38. The van der Waals surface area contributed by atoms with Gasteiger partial charge in [-0.05, 0) is 25.7 Å². The van der Waals surface area contributed by atoms with Crippen molar-refractivity contribution in [2.75, 3.05) is 5.33 Å². The quantitative estimate of drug-likeness (QED) is 0.697. The molecular formula is C8H14BrNO2. The largest absolute Gasteiger partial charge is 0.393 e. The summed E-state index contributed by atoms with van der Waals surface area (Å²) in [5.41, 5.74) is 0. The summed E-state index contributed by atoms with van der Waals surface area (Å²) in [6.45, 7) is 0. The van der Waals surface area contributed by atoms with Crippen LogP contribution >= 0.6 is 15.9 Å². The van der Waals surface area contributed by atoms with Crippen LogP contribution in [-0.2, 0) is 4.79 Å². The maximum absolute atomic E-state index is 10.9. The van der Waals surface area contributed by atoms with E-state index in [-0.39, 0.29) is 18.1 Å². The van der Waals surface area contributed by atoms with E-state index in [1.807, 2.05) is 0 Å². The van der Waals surface area contributed by atoms with Crippen molar-refractivity contribution < 1.29 is 9.90 Å². The van der Waals surface area contributed by atoms with Crippen molar-refractivity contribution in [1.82, 2.24) is 5.32 Å². The van der Waals surface area contributed by atoms with Crippen LogP contribution in [0.1, 0.15) is 25.7 Å². The van der Waals surface area contributed by atoms with E-state index in [4.69, 9.17) is 0 Å². The molecule has 0 saturated heterocycles. The van der Waals surface area contributed by atoms with Crippen LogP contribution in [-0.4, -0.2) is 28.5 Å². The van der Waals surface area contributed by atoms with Gasteiger partial charge in [0.25, 0.3) is 0 Å². The highest BCUT2D eigenvalue weighted by molar-refractivity contribution is 9.09. The third-order valence-corrected chi connectivity index (χ3v) is 2.64. The van der Waals surface area contributed by atoms with Crippen LogP contribution in [0.4, 0.5) is 0 Å². The van der Waals surface area contributed by atoms with Crippen molar-refractivity contribution in [1.29, 1.82) is 0 Å². The lowest BCUT2D eigenvalue weighted by molar-refractivity contribution is -0.119. The number of alkyl halides is 1. The maximum Gasteiger partial charge on any atom is 0.230 e. The SMILES string of the molecule is O=C(CBr)NC1CCCC(O)C1. The molecule has 4 heteroatoms. The van der Waals surface area contributed by atoms with Gasteiger partial charge in [0.1, 0.15) is 0 Å². The van der Waals surface area contributed by atoms with E-state index in [2.05, 4.69) is 21.2 Å². The molecule has 0 radical (unpaired) electrons. The second kappa shape index (κ2) is 4.82. The van der Waals surface area contributed by atoms with E-state index < -0.39 is 0 Å². The maximum atomic E-state index is 10.9. The molecular weight excluding hydrogens is 222 g/mol. The summed E-state index contributed by atoms with van der Waals surface area (Å²) in [7, 11) is 0. The number of amides is 1. The minimum atomic E-state index is -0.223. The van der Waals surface area contributed by atoms with E-state index in [1.165, 1.54) is 0 Å². The molecule has 0 aromatic carbocycles. The Hall–Kier alpha value is -0.0900. The molecule has 0 heterocycles. The zero-order chi connectivity index (χ0) is 8.97. The molecule has 1 saturated carbocycles. The summed E-state index contributed by atoms with van der Waals surface area (Å²) in [6.07, 6.45) is 3.36. The zero-order valence-electron chi connectivity index (χ0n) is 6.92. The van der Waals surface area contributed by atoms with Crippen LogP contribution in [0.25, 0.3) is 0 Å². The number of carbonyl (C=O) groups is 1. The molecule has 3 nitrogen and oxygen atoms in total. The first-order valence-electron chi connectivity index (χ1n) is 4.25. The Labute approximate surface area is 80.7 Å². The molecule has 0 bridgehead atoms. The van der Waals surface area contributed by atoms with Crippen LogP contribution in [0.5, 0.6) is 0 Å². The summed E-state index contributed by atoms with van der Waals surface area (Å²) in [4.78, 5) is 10.9. The number of nitrogens with one attached hydrogen (secondary N) is 1. The normalized spacial score (nSPS) is 29.8. The molecule has 2 N–H and O–H groups in total. The molecule has 0 aromatic rings. The van der Waals surface area contributed by atoms with Crippen molar-refractivity contribution in [2.24, 2.45) is 0 Å². The lowest BCUT2D eigenvalue weighted by Gasteiger charge is -2.26. The fraction of sp³-hybridized carbons (Fsp3) is 0.875. The molecule has 2 unspecified atom stereocenters. The van der Waals surface area contributed by atoms with E-state index in [9.17, 15) is 9.90 Å². The molecule has 1 rings (SSSR count). The Morgan fingerprint density at radius 3 is 2.92 bits per heavy atom. The van der Waals surface area contributed by atoms with Crippen LogP contribution in [0.2, 0.25) is 0 Å². The van der Waals surface area contributed by atoms with Gasteiger partial charge in [0.2, 0.25) is 5.91 Å². The minimum absolute atomic E-state index is 0.00843. The predicted molar refractivity (Wildman–Crippen MR) is 50.2 cm³/mol. The van der Waals surface area contributed by atoms with Gasteiger partial charge in [-0.15, -0.1) is 0 Å². The molecule has 12 heavy (non-hydrogen) atoms. The topological polar surface area (TPSA) is 49.3 Å².